The number of fused-ring (bicyclic) bond motifs is 2. The summed E-state index contributed by atoms with van der Waals surface area (Å²) < 4.78 is 5.43. The summed E-state index contributed by atoms with van der Waals surface area (Å²) in [5.74, 6) is -0.344. The molecule has 2 aromatic rings. The Labute approximate surface area is 140 Å². The van der Waals surface area contributed by atoms with Gasteiger partial charge in [0.05, 0.1) is 12.5 Å². The fourth-order valence-corrected chi connectivity index (χ4v) is 3.38. The minimum absolute atomic E-state index is 0.0778. The smallest absolute Gasteiger partial charge is 0.309 e. The highest BCUT2D eigenvalue weighted by Gasteiger charge is 2.27. The van der Waals surface area contributed by atoms with Gasteiger partial charge in [0.2, 0.25) is 0 Å². The minimum atomic E-state index is -0.637. The first-order valence-electron chi connectivity index (χ1n) is 8.17. The summed E-state index contributed by atoms with van der Waals surface area (Å²) in [6.45, 7) is 0. The molecule has 0 spiro atoms. The Morgan fingerprint density at radius 3 is 2.12 bits per heavy atom. The van der Waals surface area contributed by atoms with Gasteiger partial charge in [0, 0.05) is 6.42 Å². The first kappa shape index (κ1) is 14.9. The predicted molar refractivity (Wildman–Crippen MR) is 94.0 cm³/mol. The second-order valence-corrected chi connectivity index (χ2v) is 6.21. The lowest BCUT2D eigenvalue weighted by Gasteiger charge is -2.25. The standard InChI is InChI=1S/C21H18O3/c22-16-11-17(24-21(23)12-16)13-20-18-7-3-1-5-14(18)9-10-15-6-2-4-8-19(15)20/h1-10,13,16-17,22H,11-12H2/t16-,17+/m1/s1. The lowest BCUT2D eigenvalue weighted by molar-refractivity contribution is -0.156. The normalized spacial score (nSPS) is 22.2. The van der Waals surface area contributed by atoms with Crippen LogP contribution in [0, 0.1) is 0 Å². The Bertz CT molecular complexity index is 796. The molecule has 1 aliphatic heterocycles. The molecular formula is C21H18O3. The molecule has 0 aromatic heterocycles. The maximum atomic E-state index is 11.7. The van der Waals surface area contributed by atoms with Crippen LogP contribution in [0.1, 0.15) is 35.1 Å². The van der Waals surface area contributed by atoms with Crippen molar-refractivity contribution < 1.29 is 14.6 Å². The van der Waals surface area contributed by atoms with Gasteiger partial charge < -0.3 is 9.84 Å². The van der Waals surface area contributed by atoms with Crippen LogP contribution >= 0.6 is 0 Å². The van der Waals surface area contributed by atoms with Gasteiger partial charge in [-0.25, -0.2) is 0 Å². The van der Waals surface area contributed by atoms with Gasteiger partial charge in [0.1, 0.15) is 6.10 Å². The van der Waals surface area contributed by atoms with E-state index in [2.05, 4.69) is 36.4 Å². The van der Waals surface area contributed by atoms with Gasteiger partial charge in [-0.3, -0.25) is 4.79 Å². The third kappa shape index (κ3) is 2.79. The molecule has 2 aromatic carbocycles. The largest absolute Gasteiger partial charge is 0.458 e. The third-order valence-electron chi connectivity index (χ3n) is 4.49. The van der Waals surface area contributed by atoms with E-state index in [1.165, 1.54) is 0 Å². The zero-order valence-corrected chi connectivity index (χ0v) is 13.2. The van der Waals surface area contributed by atoms with Gasteiger partial charge in [-0.1, -0.05) is 60.7 Å². The van der Waals surface area contributed by atoms with E-state index in [1.807, 2.05) is 30.3 Å². The average Bonchev–Trinajstić information content (AvgIpc) is 2.72. The van der Waals surface area contributed by atoms with Crippen molar-refractivity contribution in [3.8, 4) is 0 Å². The van der Waals surface area contributed by atoms with Crippen molar-refractivity contribution in [1.82, 2.24) is 0 Å². The number of hydrogen-bond donors (Lipinski definition) is 1. The first-order valence-corrected chi connectivity index (χ1v) is 8.17. The van der Waals surface area contributed by atoms with Crippen LogP contribution in [0.25, 0.3) is 17.7 Å². The molecule has 1 aliphatic carbocycles. The molecule has 3 heteroatoms. The van der Waals surface area contributed by atoms with E-state index < -0.39 is 12.2 Å². The fourth-order valence-electron chi connectivity index (χ4n) is 3.38. The Balaban J connectivity index is 1.85. The first-order chi connectivity index (χ1) is 11.7. The van der Waals surface area contributed by atoms with Gasteiger partial charge >= 0.3 is 5.97 Å². The number of hydrogen-bond acceptors (Lipinski definition) is 3. The van der Waals surface area contributed by atoms with Crippen LogP contribution < -0.4 is 0 Å². The van der Waals surface area contributed by atoms with E-state index in [1.54, 1.807) is 0 Å². The SMILES string of the molecule is O=C1C[C@H](O)C[C@@H](C=C2c3ccccc3C=Cc3ccccc32)O1. The van der Waals surface area contributed by atoms with E-state index in [0.717, 1.165) is 27.8 Å². The zero-order valence-electron chi connectivity index (χ0n) is 13.2. The summed E-state index contributed by atoms with van der Waals surface area (Å²) in [4.78, 5) is 11.7. The number of esters is 1. The van der Waals surface area contributed by atoms with Gasteiger partial charge in [-0.2, -0.15) is 0 Å². The van der Waals surface area contributed by atoms with Gasteiger partial charge in [-0.15, -0.1) is 0 Å². The van der Waals surface area contributed by atoms with Crippen molar-refractivity contribution in [1.29, 1.82) is 0 Å². The Morgan fingerprint density at radius 2 is 1.54 bits per heavy atom. The molecule has 3 nitrogen and oxygen atoms in total. The highest BCUT2D eigenvalue weighted by atomic mass is 16.5. The van der Waals surface area contributed by atoms with E-state index in [9.17, 15) is 9.90 Å². The number of cyclic esters (lactones) is 1. The molecule has 1 N–H and O–H groups in total. The van der Waals surface area contributed by atoms with Crippen LogP contribution in [0.2, 0.25) is 0 Å². The molecule has 24 heavy (non-hydrogen) atoms. The van der Waals surface area contributed by atoms with E-state index in [0.29, 0.717) is 6.42 Å². The summed E-state index contributed by atoms with van der Waals surface area (Å²) in [5, 5.41) is 9.88. The molecule has 1 fully saturated rings. The monoisotopic (exact) mass is 318 g/mol. The Morgan fingerprint density at radius 1 is 0.958 bits per heavy atom. The van der Waals surface area contributed by atoms with Gasteiger partial charge in [0.25, 0.3) is 0 Å². The van der Waals surface area contributed by atoms with E-state index in [-0.39, 0.29) is 12.4 Å². The average molecular weight is 318 g/mol. The van der Waals surface area contributed by atoms with Crippen LogP contribution in [-0.4, -0.2) is 23.3 Å². The molecule has 0 bridgehead atoms. The molecule has 0 amide bonds. The minimum Gasteiger partial charge on any atom is -0.458 e. The second-order valence-electron chi connectivity index (χ2n) is 6.21. The van der Waals surface area contributed by atoms with Crippen LogP contribution in [0.5, 0.6) is 0 Å². The number of aliphatic hydroxyl groups excluding tert-OH is 1. The molecular weight excluding hydrogens is 300 g/mol. The van der Waals surface area contributed by atoms with Crippen LogP contribution in [0.15, 0.2) is 54.6 Å². The maximum absolute atomic E-state index is 11.7. The highest BCUT2D eigenvalue weighted by molar-refractivity contribution is 5.93. The molecule has 2 atom stereocenters. The van der Waals surface area contributed by atoms with Crippen molar-refractivity contribution in [3.63, 3.8) is 0 Å². The molecule has 120 valence electrons. The van der Waals surface area contributed by atoms with Gasteiger partial charge in [0.15, 0.2) is 0 Å². The Hall–Kier alpha value is -2.65. The zero-order chi connectivity index (χ0) is 16.5. The molecule has 0 radical (unpaired) electrons. The summed E-state index contributed by atoms with van der Waals surface area (Å²) in [5.41, 5.74) is 5.51. The van der Waals surface area contributed by atoms with Crippen LogP contribution in [0.3, 0.4) is 0 Å². The number of carbonyl (C=O) groups is 1. The molecule has 1 heterocycles. The number of benzene rings is 2. The van der Waals surface area contributed by atoms with Crippen molar-refractivity contribution in [2.45, 2.75) is 25.0 Å². The lowest BCUT2D eigenvalue weighted by Crippen LogP contribution is -2.31. The molecule has 4 rings (SSSR count). The molecule has 0 unspecified atom stereocenters. The number of carbonyl (C=O) groups excluding carboxylic acids is 1. The van der Waals surface area contributed by atoms with Crippen LogP contribution in [0.4, 0.5) is 0 Å². The maximum Gasteiger partial charge on any atom is 0.309 e. The van der Waals surface area contributed by atoms with E-state index >= 15 is 0 Å². The molecule has 0 saturated carbocycles. The number of rotatable bonds is 1. The second kappa shape index (κ2) is 6.10. The number of aliphatic hydroxyl groups is 1. The summed E-state index contributed by atoms with van der Waals surface area (Å²) in [6.07, 6.45) is 5.66. The molecule has 1 saturated heterocycles. The summed E-state index contributed by atoms with van der Waals surface area (Å²) >= 11 is 0. The highest BCUT2D eigenvalue weighted by Crippen LogP contribution is 2.35. The number of ether oxygens (including phenoxy) is 1. The quantitative estimate of drug-likeness (QED) is 0.696. The van der Waals surface area contributed by atoms with Crippen LogP contribution in [-0.2, 0) is 9.53 Å². The van der Waals surface area contributed by atoms with Gasteiger partial charge in [-0.05, 0) is 33.9 Å². The van der Waals surface area contributed by atoms with E-state index in [4.69, 9.17) is 4.74 Å². The predicted octanol–water partition coefficient (Wildman–Crippen LogP) is 3.67. The molecule has 2 aliphatic rings. The Kier molecular flexibility index (Phi) is 3.79. The summed E-state index contributed by atoms with van der Waals surface area (Å²) in [6, 6.07) is 16.4. The van der Waals surface area contributed by atoms with Crippen molar-refractivity contribution in [2.75, 3.05) is 0 Å². The topological polar surface area (TPSA) is 46.5 Å². The summed E-state index contributed by atoms with van der Waals surface area (Å²) in [7, 11) is 0. The van der Waals surface area contributed by atoms with Crippen molar-refractivity contribution >= 4 is 23.7 Å². The van der Waals surface area contributed by atoms with Crippen molar-refractivity contribution in [3.05, 3.63) is 76.9 Å². The third-order valence-corrected chi connectivity index (χ3v) is 4.49. The fraction of sp³-hybridized carbons (Fsp3) is 0.190. The van der Waals surface area contributed by atoms with Crippen molar-refractivity contribution in [2.24, 2.45) is 0 Å². The lowest BCUT2D eigenvalue weighted by atomic mass is 9.91.